The predicted molar refractivity (Wildman–Crippen MR) is 83.8 cm³/mol. The van der Waals surface area contributed by atoms with Crippen LogP contribution in [0.1, 0.15) is 42.1 Å². The summed E-state index contributed by atoms with van der Waals surface area (Å²) in [7, 11) is 0. The normalized spacial score (nSPS) is 14.7. The molecule has 0 unspecified atom stereocenters. The third kappa shape index (κ3) is 4.61. The lowest BCUT2D eigenvalue weighted by Crippen LogP contribution is -2.29. The van der Waals surface area contributed by atoms with Crippen LogP contribution in [0.4, 0.5) is 13.2 Å². The van der Waals surface area contributed by atoms with E-state index in [-0.39, 0.29) is 18.4 Å². The first-order chi connectivity index (χ1) is 11.8. The fraction of sp³-hybridized carbons (Fsp3) is 0.562. The van der Waals surface area contributed by atoms with Crippen LogP contribution in [0.3, 0.4) is 0 Å². The molecule has 2 aromatic heterocycles. The SMILES string of the molecule is Cc1cnn(CC(=O)NCCCn2nc(C(F)(F)F)cc2C2CC2)c1. The lowest BCUT2D eigenvalue weighted by atomic mass is 10.2. The number of rotatable bonds is 7. The van der Waals surface area contributed by atoms with Crippen molar-refractivity contribution in [3.63, 3.8) is 0 Å². The Kier molecular flexibility index (Phi) is 4.82. The average Bonchev–Trinajstić information content (AvgIpc) is 3.14. The van der Waals surface area contributed by atoms with Crippen LogP contribution in [-0.4, -0.2) is 32.0 Å². The zero-order valence-corrected chi connectivity index (χ0v) is 13.9. The maximum Gasteiger partial charge on any atom is 0.435 e. The molecule has 3 rings (SSSR count). The van der Waals surface area contributed by atoms with E-state index in [0.29, 0.717) is 25.2 Å². The zero-order chi connectivity index (χ0) is 18.0. The summed E-state index contributed by atoms with van der Waals surface area (Å²) in [6, 6.07) is 1.15. The van der Waals surface area contributed by atoms with E-state index >= 15 is 0 Å². The molecule has 136 valence electrons. The van der Waals surface area contributed by atoms with Crippen molar-refractivity contribution in [1.29, 1.82) is 0 Å². The van der Waals surface area contributed by atoms with Gasteiger partial charge in [0.15, 0.2) is 5.69 Å². The van der Waals surface area contributed by atoms with Gasteiger partial charge >= 0.3 is 6.18 Å². The molecule has 1 amide bonds. The molecule has 1 aliphatic carbocycles. The van der Waals surface area contributed by atoms with Crippen LogP contribution >= 0.6 is 0 Å². The molecule has 0 bridgehead atoms. The topological polar surface area (TPSA) is 64.7 Å². The van der Waals surface area contributed by atoms with E-state index in [1.807, 2.05) is 6.92 Å². The van der Waals surface area contributed by atoms with Gasteiger partial charge in [0, 0.05) is 30.9 Å². The molecule has 2 aromatic rings. The summed E-state index contributed by atoms with van der Waals surface area (Å²) in [4.78, 5) is 11.8. The van der Waals surface area contributed by atoms with Gasteiger partial charge in [-0.15, -0.1) is 0 Å². The van der Waals surface area contributed by atoms with E-state index in [1.165, 1.54) is 4.68 Å². The highest BCUT2D eigenvalue weighted by molar-refractivity contribution is 5.75. The number of alkyl halides is 3. The van der Waals surface area contributed by atoms with Crippen molar-refractivity contribution in [3.8, 4) is 0 Å². The second-order valence-corrected chi connectivity index (χ2v) is 6.37. The second-order valence-electron chi connectivity index (χ2n) is 6.37. The first-order valence-electron chi connectivity index (χ1n) is 8.23. The fourth-order valence-corrected chi connectivity index (χ4v) is 2.67. The number of hydrogen-bond donors (Lipinski definition) is 1. The number of aromatic nitrogens is 4. The van der Waals surface area contributed by atoms with Crippen LogP contribution in [0, 0.1) is 6.92 Å². The molecule has 9 heteroatoms. The van der Waals surface area contributed by atoms with Crippen molar-refractivity contribution < 1.29 is 18.0 Å². The number of aryl methyl sites for hydroxylation is 2. The first-order valence-corrected chi connectivity index (χ1v) is 8.23. The number of carbonyl (C=O) groups is 1. The molecule has 0 atom stereocenters. The van der Waals surface area contributed by atoms with Gasteiger partial charge < -0.3 is 5.32 Å². The molecule has 1 saturated carbocycles. The van der Waals surface area contributed by atoms with Crippen molar-refractivity contribution >= 4 is 5.91 Å². The van der Waals surface area contributed by atoms with Gasteiger partial charge in [0.25, 0.3) is 0 Å². The Hall–Kier alpha value is -2.32. The van der Waals surface area contributed by atoms with Crippen LogP contribution in [0.15, 0.2) is 18.5 Å². The van der Waals surface area contributed by atoms with E-state index in [1.54, 1.807) is 17.1 Å². The molecule has 2 heterocycles. The van der Waals surface area contributed by atoms with E-state index in [4.69, 9.17) is 0 Å². The lowest BCUT2D eigenvalue weighted by molar-refractivity contribution is -0.141. The summed E-state index contributed by atoms with van der Waals surface area (Å²) in [5.74, 6) is 0.00297. The number of carbonyl (C=O) groups excluding carboxylic acids is 1. The van der Waals surface area contributed by atoms with Gasteiger partial charge in [-0.25, -0.2) is 0 Å². The van der Waals surface area contributed by atoms with E-state index in [2.05, 4.69) is 15.5 Å². The van der Waals surface area contributed by atoms with Gasteiger partial charge in [-0.2, -0.15) is 23.4 Å². The number of halogens is 3. The maximum absolute atomic E-state index is 12.8. The molecule has 0 saturated heterocycles. The van der Waals surface area contributed by atoms with Crippen molar-refractivity contribution in [1.82, 2.24) is 24.9 Å². The average molecular weight is 355 g/mol. The molecule has 0 radical (unpaired) electrons. The zero-order valence-electron chi connectivity index (χ0n) is 13.9. The smallest absolute Gasteiger partial charge is 0.354 e. The monoisotopic (exact) mass is 355 g/mol. The number of nitrogens with zero attached hydrogens (tertiary/aromatic N) is 4. The van der Waals surface area contributed by atoms with Crippen LogP contribution in [0.25, 0.3) is 0 Å². The third-order valence-corrected chi connectivity index (χ3v) is 4.03. The highest BCUT2D eigenvalue weighted by atomic mass is 19.4. The van der Waals surface area contributed by atoms with E-state index in [0.717, 1.165) is 24.5 Å². The molecular weight excluding hydrogens is 335 g/mol. The largest absolute Gasteiger partial charge is 0.435 e. The molecule has 25 heavy (non-hydrogen) atoms. The highest BCUT2D eigenvalue weighted by Crippen LogP contribution is 2.42. The van der Waals surface area contributed by atoms with E-state index in [9.17, 15) is 18.0 Å². The van der Waals surface area contributed by atoms with Crippen LogP contribution < -0.4 is 5.32 Å². The Labute approximate surface area is 143 Å². The summed E-state index contributed by atoms with van der Waals surface area (Å²) < 4.78 is 41.5. The van der Waals surface area contributed by atoms with Gasteiger partial charge in [-0.05, 0) is 37.8 Å². The molecule has 0 spiro atoms. The van der Waals surface area contributed by atoms with Gasteiger partial charge in [0.1, 0.15) is 6.54 Å². The van der Waals surface area contributed by atoms with Crippen LogP contribution in [0.5, 0.6) is 0 Å². The highest BCUT2D eigenvalue weighted by Gasteiger charge is 2.37. The molecule has 1 fully saturated rings. The van der Waals surface area contributed by atoms with Gasteiger partial charge in [-0.1, -0.05) is 0 Å². The minimum absolute atomic E-state index is 0.126. The van der Waals surface area contributed by atoms with Crippen molar-refractivity contribution in [2.45, 2.75) is 51.4 Å². The van der Waals surface area contributed by atoms with Gasteiger partial charge in [0.2, 0.25) is 5.91 Å². The Morgan fingerprint density at radius 3 is 2.76 bits per heavy atom. The summed E-state index contributed by atoms with van der Waals surface area (Å²) in [6.07, 6.45) is 1.34. The molecular formula is C16H20F3N5O. The minimum atomic E-state index is -4.43. The van der Waals surface area contributed by atoms with Gasteiger partial charge in [-0.3, -0.25) is 14.2 Å². The maximum atomic E-state index is 12.8. The standard InChI is InChI=1S/C16H20F3N5O/c1-11-8-21-23(9-11)10-15(25)20-5-2-6-24-13(12-3-4-12)7-14(22-24)16(17,18)19/h7-9,12H,2-6,10H2,1H3,(H,20,25). The summed E-state index contributed by atoms with van der Waals surface area (Å²) in [5, 5.41) is 10.5. The molecule has 1 N–H and O–H groups in total. The molecule has 0 aromatic carbocycles. The molecule has 0 aliphatic heterocycles. The van der Waals surface area contributed by atoms with Crippen LogP contribution in [-0.2, 0) is 24.1 Å². The fourth-order valence-electron chi connectivity index (χ4n) is 2.67. The minimum Gasteiger partial charge on any atom is -0.354 e. The van der Waals surface area contributed by atoms with Crippen LogP contribution in [0.2, 0.25) is 0 Å². The Bertz CT molecular complexity index is 745. The summed E-state index contributed by atoms with van der Waals surface area (Å²) in [5.41, 5.74) is 0.776. The first kappa shape index (κ1) is 17.5. The Morgan fingerprint density at radius 2 is 2.16 bits per heavy atom. The summed E-state index contributed by atoms with van der Waals surface area (Å²) in [6.45, 7) is 2.74. The van der Waals surface area contributed by atoms with Crippen molar-refractivity contribution in [2.75, 3.05) is 6.54 Å². The Morgan fingerprint density at radius 1 is 1.40 bits per heavy atom. The molecule has 6 nitrogen and oxygen atoms in total. The van der Waals surface area contributed by atoms with Crippen molar-refractivity contribution in [2.24, 2.45) is 0 Å². The predicted octanol–water partition coefficient (Wildman–Crippen LogP) is 2.49. The third-order valence-electron chi connectivity index (χ3n) is 4.03. The van der Waals surface area contributed by atoms with Gasteiger partial charge in [0.05, 0.1) is 6.20 Å². The lowest BCUT2D eigenvalue weighted by Gasteiger charge is -2.08. The van der Waals surface area contributed by atoms with Crippen molar-refractivity contribution in [3.05, 3.63) is 35.4 Å². The second kappa shape index (κ2) is 6.89. The molecule has 1 aliphatic rings. The van der Waals surface area contributed by atoms with E-state index < -0.39 is 11.9 Å². The summed E-state index contributed by atoms with van der Waals surface area (Å²) >= 11 is 0. The Balaban J connectivity index is 1.48. The number of amides is 1. The quantitative estimate of drug-likeness (QED) is 0.776. The number of hydrogen-bond acceptors (Lipinski definition) is 3. The number of nitrogens with one attached hydrogen (secondary N) is 1.